The van der Waals surface area contributed by atoms with Gasteiger partial charge in [0.15, 0.2) is 5.82 Å². The van der Waals surface area contributed by atoms with E-state index in [1.165, 1.54) is 19.3 Å². The molecular weight excluding hydrogens is 190 g/mol. The Bertz CT molecular complexity index is 260. The van der Waals surface area contributed by atoms with Crippen LogP contribution in [-0.2, 0) is 6.42 Å². The Hall–Kier alpha value is -0.610. The van der Waals surface area contributed by atoms with Gasteiger partial charge in [-0.2, -0.15) is 4.98 Å². The van der Waals surface area contributed by atoms with Crippen molar-refractivity contribution in [3.05, 3.63) is 11.7 Å². The monoisotopic (exact) mass is 203 g/mol. The molecule has 0 saturated heterocycles. The number of hydrogen-bond donors (Lipinski definition) is 1. The average Bonchev–Trinajstić information content (AvgIpc) is 2.34. The van der Waals surface area contributed by atoms with E-state index in [0.29, 0.717) is 12.5 Å². The minimum atomic E-state index is 0. The SMILES string of the molecule is Cl.NCCc1noc(C2CCC2)n1. The molecule has 0 amide bonds. The molecule has 0 atom stereocenters. The van der Waals surface area contributed by atoms with Crippen molar-refractivity contribution in [1.82, 2.24) is 10.1 Å². The number of aromatic nitrogens is 2. The molecule has 2 rings (SSSR count). The summed E-state index contributed by atoms with van der Waals surface area (Å²) < 4.78 is 5.10. The van der Waals surface area contributed by atoms with Gasteiger partial charge in [-0.15, -0.1) is 12.4 Å². The van der Waals surface area contributed by atoms with Gasteiger partial charge in [-0.3, -0.25) is 0 Å². The largest absolute Gasteiger partial charge is 0.339 e. The van der Waals surface area contributed by atoms with Crippen LogP contribution in [0.4, 0.5) is 0 Å². The van der Waals surface area contributed by atoms with E-state index in [9.17, 15) is 0 Å². The number of nitrogens with zero attached hydrogens (tertiary/aromatic N) is 2. The van der Waals surface area contributed by atoms with Crippen LogP contribution in [0.25, 0.3) is 0 Å². The summed E-state index contributed by atoms with van der Waals surface area (Å²) in [6.07, 6.45) is 4.41. The fourth-order valence-corrected chi connectivity index (χ4v) is 1.32. The van der Waals surface area contributed by atoms with Crippen LogP contribution in [0.2, 0.25) is 0 Å². The summed E-state index contributed by atoms with van der Waals surface area (Å²) in [4.78, 5) is 4.26. The molecule has 1 heterocycles. The van der Waals surface area contributed by atoms with Crippen molar-refractivity contribution >= 4 is 12.4 Å². The summed E-state index contributed by atoms with van der Waals surface area (Å²) in [5.74, 6) is 2.09. The lowest BCUT2D eigenvalue weighted by Gasteiger charge is -2.20. The first-order chi connectivity index (χ1) is 5.90. The number of halogens is 1. The Labute approximate surface area is 83.3 Å². The summed E-state index contributed by atoms with van der Waals surface area (Å²) in [6, 6.07) is 0. The van der Waals surface area contributed by atoms with Gasteiger partial charge in [-0.05, 0) is 19.4 Å². The molecule has 0 spiro atoms. The van der Waals surface area contributed by atoms with E-state index in [1.54, 1.807) is 0 Å². The standard InChI is InChI=1S/C8H13N3O.ClH/c9-5-4-7-10-8(12-11-7)6-2-1-3-6;/h6H,1-5,9H2;1H. The van der Waals surface area contributed by atoms with Crippen molar-refractivity contribution in [3.63, 3.8) is 0 Å². The minimum Gasteiger partial charge on any atom is -0.339 e. The smallest absolute Gasteiger partial charge is 0.229 e. The zero-order valence-corrected chi connectivity index (χ0v) is 8.22. The molecule has 0 bridgehead atoms. The first kappa shape index (κ1) is 10.5. The molecule has 4 nitrogen and oxygen atoms in total. The Morgan fingerprint density at radius 3 is 2.77 bits per heavy atom. The van der Waals surface area contributed by atoms with Gasteiger partial charge in [0.05, 0.1) is 0 Å². The average molecular weight is 204 g/mol. The van der Waals surface area contributed by atoms with E-state index in [1.807, 2.05) is 0 Å². The second-order valence-electron chi connectivity index (χ2n) is 3.22. The van der Waals surface area contributed by atoms with Crippen LogP contribution in [-0.4, -0.2) is 16.7 Å². The maximum Gasteiger partial charge on any atom is 0.229 e. The van der Waals surface area contributed by atoms with E-state index in [4.69, 9.17) is 10.3 Å². The third-order valence-corrected chi connectivity index (χ3v) is 2.31. The molecule has 13 heavy (non-hydrogen) atoms. The molecule has 1 aliphatic rings. The predicted octanol–water partition coefficient (Wildman–Crippen LogP) is 1.26. The Balaban J connectivity index is 0.000000845. The van der Waals surface area contributed by atoms with Crippen molar-refractivity contribution in [1.29, 1.82) is 0 Å². The topological polar surface area (TPSA) is 64.9 Å². The van der Waals surface area contributed by atoms with Crippen LogP contribution in [0.5, 0.6) is 0 Å². The number of rotatable bonds is 3. The molecule has 1 aromatic rings. The Morgan fingerprint density at radius 1 is 1.46 bits per heavy atom. The zero-order chi connectivity index (χ0) is 8.39. The molecule has 1 fully saturated rings. The van der Waals surface area contributed by atoms with E-state index in [0.717, 1.165) is 18.1 Å². The quantitative estimate of drug-likeness (QED) is 0.804. The maximum atomic E-state index is 5.37. The Kier molecular flexibility index (Phi) is 3.69. The van der Waals surface area contributed by atoms with Crippen molar-refractivity contribution in [2.45, 2.75) is 31.6 Å². The molecule has 74 valence electrons. The summed E-state index contributed by atoms with van der Waals surface area (Å²) in [5, 5.41) is 3.84. The van der Waals surface area contributed by atoms with E-state index in [-0.39, 0.29) is 12.4 Å². The summed E-state index contributed by atoms with van der Waals surface area (Å²) in [5.41, 5.74) is 5.37. The zero-order valence-electron chi connectivity index (χ0n) is 7.40. The van der Waals surface area contributed by atoms with Gasteiger partial charge in [0.2, 0.25) is 5.89 Å². The van der Waals surface area contributed by atoms with Crippen molar-refractivity contribution in [2.75, 3.05) is 6.54 Å². The lowest BCUT2D eigenvalue weighted by Crippen LogP contribution is -2.09. The maximum absolute atomic E-state index is 5.37. The van der Waals surface area contributed by atoms with Gasteiger partial charge in [-0.1, -0.05) is 11.6 Å². The molecule has 0 radical (unpaired) electrons. The van der Waals surface area contributed by atoms with Gasteiger partial charge >= 0.3 is 0 Å². The third kappa shape index (κ3) is 2.19. The molecule has 1 aliphatic carbocycles. The molecule has 0 aliphatic heterocycles. The highest BCUT2D eigenvalue weighted by Gasteiger charge is 2.24. The predicted molar refractivity (Wildman–Crippen MR) is 50.9 cm³/mol. The molecular formula is C8H14ClN3O. The van der Waals surface area contributed by atoms with Crippen LogP contribution >= 0.6 is 12.4 Å². The van der Waals surface area contributed by atoms with Crippen LogP contribution < -0.4 is 5.73 Å². The molecule has 0 aromatic carbocycles. The van der Waals surface area contributed by atoms with Crippen molar-refractivity contribution in [2.24, 2.45) is 5.73 Å². The fraction of sp³-hybridized carbons (Fsp3) is 0.750. The van der Waals surface area contributed by atoms with Gasteiger partial charge in [0, 0.05) is 12.3 Å². The van der Waals surface area contributed by atoms with Gasteiger partial charge < -0.3 is 10.3 Å². The van der Waals surface area contributed by atoms with Crippen LogP contribution in [0.3, 0.4) is 0 Å². The van der Waals surface area contributed by atoms with Crippen LogP contribution in [0.1, 0.15) is 36.9 Å². The number of nitrogens with two attached hydrogens (primary N) is 1. The normalized spacial score (nSPS) is 16.4. The highest BCUT2D eigenvalue weighted by molar-refractivity contribution is 5.85. The van der Waals surface area contributed by atoms with E-state index >= 15 is 0 Å². The van der Waals surface area contributed by atoms with Crippen molar-refractivity contribution in [3.8, 4) is 0 Å². The van der Waals surface area contributed by atoms with Gasteiger partial charge in [0.25, 0.3) is 0 Å². The van der Waals surface area contributed by atoms with Gasteiger partial charge in [-0.25, -0.2) is 0 Å². The van der Waals surface area contributed by atoms with Crippen LogP contribution in [0.15, 0.2) is 4.52 Å². The van der Waals surface area contributed by atoms with Crippen LogP contribution in [0, 0.1) is 0 Å². The number of hydrogen-bond acceptors (Lipinski definition) is 4. The molecule has 1 aromatic heterocycles. The third-order valence-electron chi connectivity index (χ3n) is 2.31. The van der Waals surface area contributed by atoms with E-state index in [2.05, 4.69) is 10.1 Å². The Morgan fingerprint density at radius 2 is 2.23 bits per heavy atom. The highest BCUT2D eigenvalue weighted by Crippen LogP contribution is 2.34. The summed E-state index contributed by atoms with van der Waals surface area (Å²) in [6.45, 7) is 0.587. The molecule has 0 unspecified atom stereocenters. The summed E-state index contributed by atoms with van der Waals surface area (Å²) in [7, 11) is 0. The molecule has 2 N–H and O–H groups in total. The lowest BCUT2D eigenvalue weighted by atomic mass is 9.85. The molecule has 1 saturated carbocycles. The molecule has 5 heteroatoms. The first-order valence-electron chi connectivity index (χ1n) is 4.42. The highest BCUT2D eigenvalue weighted by atomic mass is 35.5. The lowest BCUT2D eigenvalue weighted by molar-refractivity contribution is 0.291. The second kappa shape index (κ2) is 4.58. The van der Waals surface area contributed by atoms with Gasteiger partial charge in [0.1, 0.15) is 0 Å². The van der Waals surface area contributed by atoms with E-state index < -0.39 is 0 Å². The first-order valence-corrected chi connectivity index (χ1v) is 4.42. The fourth-order valence-electron chi connectivity index (χ4n) is 1.32. The summed E-state index contributed by atoms with van der Waals surface area (Å²) >= 11 is 0. The van der Waals surface area contributed by atoms with Crippen molar-refractivity contribution < 1.29 is 4.52 Å². The second-order valence-corrected chi connectivity index (χ2v) is 3.22. The minimum absolute atomic E-state index is 0.